The molecule has 0 saturated heterocycles. The van der Waals surface area contributed by atoms with Crippen LogP contribution >= 0.6 is 11.6 Å². The first kappa shape index (κ1) is 27.2. The predicted molar refractivity (Wildman–Crippen MR) is 141 cm³/mol. The van der Waals surface area contributed by atoms with E-state index in [0.29, 0.717) is 24.6 Å². The Morgan fingerprint density at radius 3 is 2.42 bits per heavy atom. The quantitative estimate of drug-likeness (QED) is 0.361. The van der Waals surface area contributed by atoms with Crippen molar-refractivity contribution >= 4 is 44.8 Å². The van der Waals surface area contributed by atoms with Gasteiger partial charge in [0, 0.05) is 25.3 Å². The van der Waals surface area contributed by atoms with E-state index in [1.165, 1.54) is 18.2 Å². The third-order valence-electron chi connectivity index (χ3n) is 5.25. The fraction of sp³-hybridized carbons (Fsp3) is 0.231. The van der Waals surface area contributed by atoms with Crippen LogP contribution in [0.25, 0.3) is 0 Å². The van der Waals surface area contributed by atoms with Crippen molar-refractivity contribution in [3.8, 4) is 0 Å². The number of sulfonamides is 1. The molecular weight excluding hydrogens is 502 g/mol. The first-order valence-electron chi connectivity index (χ1n) is 11.2. The highest BCUT2D eigenvalue weighted by molar-refractivity contribution is 7.92. The van der Waals surface area contributed by atoms with Crippen LogP contribution in [0, 0.1) is 6.92 Å². The molecule has 3 rings (SSSR count). The number of aryl methyl sites for hydroxylation is 1. The molecule has 0 aliphatic rings. The Morgan fingerprint density at radius 1 is 1.00 bits per heavy atom. The summed E-state index contributed by atoms with van der Waals surface area (Å²) in [7, 11) is -2.51. The summed E-state index contributed by atoms with van der Waals surface area (Å²) in [4.78, 5) is 25.8. The molecule has 36 heavy (non-hydrogen) atoms. The van der Waals surface area contributed by atoms with Gasteiger partial charge in [0.25, 0.3) is 15.9 Å². The number of rotatable bonds is 11. The molecule has 2 amide bonds. The largest absolute Gasteiger partial charge is 0.385 e. The van der Waals surface area contributed by atoms with Crippen molar-refractivity contribution in [2.45, 2.75) is 18.2 Å². The number of hydrogen-bond donors (Lipinski definition) is 2. The molecule has 8 nitrogen and oxygen atoms in total. The molecule has 2 N–H and O–H groups in total. The summed E-state index contributed by atoms with van der Waals surface area (Å²) in [6.45, 7) is 2.24. The van der Waals surface area contributed by atoms with Crippen LogP contribution in [0.3, 0.4) is 0 Å². The molecule has 0 heterocycles. The molecule has 0 spiro atoms. The summed E-state index contributed by atoms with van der Waals surface area (Å²) in [6.07, 6.45) is 0.641. The Morgan fingerprint density at radius 2 is 1.72 bits per heavy atom. The number of amides is 2. The number of carbonyl (C=O) groups is 2. The van der Waals surface area contributed by atoms with Gasteiger partial charge in [-0.1, -0.05) is 47.5 Å². The number of benzene rings is 3. The number of nitrogens with one attached hydrogen (secondary N) is 2. The van der Waals surface area contributed by atoms with Gasteiger partial charge in [-0.05, 0) is 55.8 Å². The number of nitrogens with zero attached hydrogens (tertiary/aromatic N) is 1. The molecule has 10 heteroatoms. The van der Waals surface area contributed by atoms with Gasteiger partial charge in [-0.15, -0.1) is 0 Å². The standard InChI is InChI=1S/C26H28ClN3O5S/c1-19-11-13-22(14-12-19)36(33,34)30(21-8-5-7-20(27)17-21)18-25(31)29-24-10-4-3-9-23(24)26(32)28-15-6-16-35-2/h3-5,7-14,17H,6,15-16,18H2,1-2H3,(H,28,32)(H,29,31). The van der Waals surface area contributed by atoms with Gasteiger partial charge >= 0.3 is 0 Å². The monoisotopic (exact) mass is 529 g/mol. The number of ether oxygens (including phenoxy) is 1. The molecule has 0 aliphatic carbocycles. The summed E-state index contributed by atoms with van der Waals surface area (Å²) in [5.41, 5.74) is 1.67. The number of para-hydroxylation sites is 1. The van der Waals surface area contributed by atoms with Crippen LogP contribution in [0.1, 0.15) is 22.3 Å². The van der Waals surface area contributed by atoms with E-state index in [1.54, 1.807) is 61.7 Å². The van der Waals surface area contributed by atoms with Gasteiger partial charge < -0.3 is 15.4 Å². The Hall–Kier alpha value is -3.40. The molecule has 0 radical (unpaired) electrons. The van der Waals surface area contributed by atoms with Crippen molar-refractivity contribution in [1.82, 2.24) is 5.32 Å². The summed E-state index contributed by atoms with van der Waals surface area (Å²) in [6, 6.07) is 19.1. The maximum atomic E-state index is 13.5. The molecule has 0 fully saturated rings. The molecule has 190 valence electrons. The number of carbonyl (C=O) groups excluding carboxylic acids is 2. The lowest BCUT2D eigenvalue weighted by Gasteiger charge is -2.24. The van der Waals surface area contributed by atoms with Crippen molar-refractivity contribution in [2.75, 3.05) is 36.4 Å². The third-order valence-corrected chi connectivity index (χ3v) is 7.27. The van der Waals surface area contributed by atoms with Crippen molar-refractivity contribution < 1.29 is 22.7 Å². The van der Waals surface area contributed by atoms with E-state index in [1.807, 2.05) is 6.92 Å². The zero-order chi connectivity index (χ0) is 26.1. The summed E-state index contributed by atoms with van der Waals surface area (Å²) in [5, 5.41) is 5.78. The molecule has 0 unspecified atom stereocenters. The summed E-state index contributed by atoms with van der Waals surface area (Å²) in [5.74, 6) is -0.980. The van der Waals surface area contributed by atoms with Gasteiger partial charge in [0.2, 0.25) is 5.91 Å². The first-order valence-corrected chi connectivity index (χ1v) is 13.0. The van der Waals surface area contributed by atoms with Crippen molar-refractivity contribution in [2.24, 2.45) is 0 Å². The maximum absolute atomic E-state index is 13.5. The van der Waals surface area contributed by atoms with E-state index in [2.05, 4.69) is 10.6 Å². The van der Waals surface area contributed by atoms with E-state index in [0.717, 1.165) is 9.87 Å². The zero-order valence-corrected chi connectivity index (χ0v) is 21.6. The van der Waals surface area contributed by atoms with E-state index in [-0.39, 0.29) is 27.7 Å². The highest BCUT2D eigenvalue weighted by Crippen LogP contribution is 2.26. The van der Waals surface area contributed by atoms with E-state index in [4.69, 9.17) is 16.3 Å². The fourth-order valence-corrected chi connectivity index (χ4v) is 5.01. The van der Waals surface area contributed by atoms with Crippen LogP contribution in [0.4, 0.5) is 11.4 Å². The van der Waals surface area contributed by atoms with E-state index in [9.17, 15) is 18.0 Å². The molecular formula is C26H28ClN3O5S. The molecule has 0 aliphatic heterocycles. The van der Waals surface area contributed by atoms with E-state index < -0.39 is 22.5 Å². The number of anilines is 2. The van der Waals surface area contributed by atoms with Crippen LogP contribution in [0.2, 0.25) is 5.02 Å². The second kappa shape index (κ2) is 12.5. The summed E-state index contributed by atoms with van der Waals surface area (Å²) < 4.78 is 33.0. The molecule has 3 aromatic rings. The van der Waals surface area contributed by atoms with Crippen molar-refractivity contribution in [3.05, 3.63) is 88.9 Å². The highest BCUT2D eigenvalue weighted by atomic mass is 35.5. The topological polar surface area (TPSA) is 105 Å². The second-order valence-corrected chi connectivity index (χ2v) is 10.3. The van der Waals surface area contributed by atoms with Crippen LogP contribution in [0.5, 0.6) is 0 Å². The number of methoxy groups -OCH3 is 1. The molecule has 0 atom stereocenters. The van der Waals surface area contributed by atoms with Gasteiger partial charge in [-0.2, -0.15) is 0 Å². The minimum absolute atomic E-state index is 0.0386. The third kappa shape index (κ3) is 7.07. The normalized spacial score (nSPS) is 11.1. The van der Waals surface area contributed by atoms with Gasteiger partial charge in [-0.25, -0.2) is 8.42 Å². The smallest absolute Gasteiger partial charge is 0.264 e. The minimum atomic E-state index is -4.10. The lowest BCUT2D eigenvalue weighted by molar-refractivity contribution is -0.114. The SMILES string of the molecule is COCCCNC(=O)c1ccccc1NC(=O)CN(c1cccc(Cl)c1)S(=O)(=O)c1ccc(C)cc1. The Labute approximate surface area is 216 Å². The van der Waals surface area contributed by atoms with Gasteiger partial charge in [0.15, 0.2) is 0 Å². The lowest BCUT2D eigenvalue weighted by Crippen LogP contribution is -2.38. The lowest BCUT2D eigenvalue weighted by atomic mass is 10.1. The fourth-order valence-electron chi connectivity index (χ4n) is 3.41. The molecule has 3 aromatic carbocycles. The highest BCUT2D eigenvalue weighted by Gasteiger charge is 2.28. The second-order valence-electron chi connectivity index (χ2n) is 8.00. The number of halogens is 1. The Bertz CT molecular complexity index is 1310. The van der Waals surface area contributed by atoms with Crippen LogP contribution < -0.4 is 14.9 Å². The van der Waals surface area contributed by atoms with Crippen LogP contribution in [0.15, 0.2) is 77.7 Å². The van der Waals surface area contributed by atoms with Crippen LogP contribution in [-0.4, -0.2) is 47.0 Å². The maximum Gasteiger partial charge on any atom is 0.264 e. The number of hydrogen-bond acceptors (Lipinski definition) is 5. The Balaban J connectivity index is 1.85. The van der Waals surface area contributed by atoms with Crippen molar-refractivity contribution in [1.29, 1.82) is 0 Å². The van der Waals surface area contributed by atoms with Gasteiger partial charge in [0.05, 0.1) is 21.8 Å². The molecule has 0 aromatic heterocycles. The van der Waals surface area contributed by atoms with Gasteiger partial charge in [0.1, 0.15) is 6.54 Å². The molecule has 0 saturated carbocycles. The van der Waals surface area contributed by atoms with Crippen LogP contribution in [-0.2, 0) is 19.6 Å². The predicted octanol–water partition coefficient (Wildman–Crippen LogP) is 4.25. The van der Waals surface area contributed by atoms with Gasteiger partial charge in [-0.3, -0.25) is 13.9 Å². The van der Waals surface area contributed by atoms with E-state index >= 15 is 0 Å². The summed E-state index contributed by atoms with van der Waals surface area (Å²) >= 11 is 6.11. The zero-order valence-electron chi connectivity index (χ0n) is 20.0. The Kier molecular flexibility index (Phi) is 9.46. The van der Waals surface area contributed by atoms with Crippen molar-refractivity contribution in [3.63, 3.8) is 0 Å². The average Bonchev–Trinajstić information content (AvgIpc) is 2.85. The molecule has 0 bridgehead atoms. The minimum Gasteiger partial charge on any atom is -0.385 e. The average molecular weight is 530 g/mol. The first-order chi connectivity index (χ1) is 17.2.